The molecule has 0 spiro atoms. The highest BCUT2D eigenvalue weighted by Gasteiger charge is 2.30. The first-order valence-corrected chi connectivity index (χ1v) is 6.97. The van der Waals surface area contributed by atoms with E-state index >= 15 is 0 Å². The summed E-state index contributed by atoms with van der Waals surface area (Å²) in [6, 6.07) is 5.57. The molecular formula is C15H20N4O2. The summed E-state index contributed by atoms with van der Waals surface area (Å²) in [5, 5.41) is 10.4. The summed E-state index contributed by atoms with van der Waals surface area (Å²) in [5.41, 5.74) is 7.66. The van der Waals surface area contributed by atoms with Gasteiger partial charge < -0.3 is 15.5 Å². The molecule has 21 heavy (non-hydrogen) atoms. The second-order valence-electron chi connectivity index (χ2n) is 5.09. The Morgan fingerprint density at radius 3 is 2.67 bits per heavy atom. The maximum absolute atomic E-state index is 12.4. The van der Waals surface area contributed by atoms with Gasteiger partial charge in [0.1, 0.15) is 0 Å². The number of carbonyl (C=O) groups is 1. The van der Waals surface area contributed by atoms with Crippen LogP contribution in [0.1, 0.15) is 32.3 Å². The quantitative estimate of drug-likeness (QED) is 0.881. The molecule has 0 saturated carbocycles. The number of benzene rings is 1. The lowest BCUT2D eigenvalue weighted by Crippen LogP contribution is -2.50. The van der Waals surface area contributed by atoms with Gasteiger partial charge in [-0.15, -0.1) is 10.2 Å². The number of aryl methyl sites for hydroxylation is 1. The summed E-state index contributed by atoms with van der Waals surface area (Å²) in [5.74, 6) is 0.230. The average Bonchev–Trinajstić information content (AvgIpc) is 3.02. The third-order valence-corrected chi connectivity index (χ3v) is 3.81. The molecule has 3 N–H and O–H groups in total. The zero-order valence-corrected chi connectivity index (χ0v) is 12.5. The normalized spacial score (nSPS) is 11.4. The molecule has 6 heteroatoms. The summed E-state index contributed by atoms with van der Waals surface area (Å²) >= 11 is 0. The molecule has 0 aliphatic carbocycles. The zero-order valence-electron chi connectivity index (χ0n) is 12.5. The standard InChI is InChI=1S/C15H20N4O2/c1-4-15(16,5-2)14(20)18-12-8-11(7-6-10(12)3)13-19-17-9-21-13/h6-9H,4-5,16H2,1-3H3,(H,18,20). The van der Waals surface area contributed by atoms with Crippen LogP contribution in [0.3, 0.4) is 0 Å². The molecule has 2 aromatic rings. The van der Waals surface area contributed by atoms with Crippen LogP contribution in [0, 0.1) is 6.92 Å². The third-order valence-electron chi connectivity index (χ3n) is 3.81. The van der Waals surface area contributed by atoms with E-state index in [1.165, 1.54) is 6.39 Å². The van der Waals surface area contributed by atoms with E-state index in [9.17, 15) is 4.79 Å². The number of nitrogens with zero attached hydrogens (tertiary/aromatic N) is 2. The Kier molecular flexibility index (Phi) is 4.37. The maximum atomic E-state index is 12.4. The molecular weight excluding hydrogens is 268 g/mol. The lowest BCUT2D eigenvalue weighted by Gasteiger charge is -2.25. The lowest BCUT2D eigenvalue weighted by atomic mass is 9.93. The van der Waals surface area contributed by atoms with Gasteiger partial charge in [0.15, 0.2) is 0 Å². The Balaban J connectivity index is 2.28. The molecule has 112 valence electrons. The van der Waals surface area contributed by atoms with Crippen LogP contribution in [-0.4, -0.2) is 21.6 Å². The van der Waals surface area contributed by atoms with E-state index in [-0.39, 0.29) is 5.91 Å². The molecule has 1 aromatic carbocycles. The minimum Gasteiger partial charge on any atom is -0.423 e. The van der Waals surface area contributed by atoms with Crippen molar-refractivity contribution >= 4 is 11.6 Å². The van der Waals surface area contributed by atoms with Gasteiger partial charge in [-0.3, -0.25) is 4.79 Å². The Morgan fingerprint density at radius 2 is 2.10 bits per heavy atom. The second kappa shape index (κ2) is 6.05. The van der Waals surface area contributed by atoms with E-state index in [1.54, 1.807) is 0 Å². The summed E-state index contributed by atoms with van der Waals surface area (Å²) in [7, 11) is 0. The van der Waals surface area contributed by atoms with Crippen LogP contribution in [0.2, 0.25) is 0 Å². The van der Waals surface area contributed by atoms with E-state index < -0.39 is 5.54 Å². The minimum atomic E-state index is -0.854. The summed E-state index contributed by atoms with van der Waals surface area (Å²) in [6.07, 6.45) is 2.43. The Bertz CT molecular complexity index is 619. The van der Waals surface area contributed by atoms with Gasteiger partial charge in [0.2, 0.25) is 18.2 Å². The van der Waals surface area contributed by atoms with E-state index in [2.05, 4.69) is 15.5 Å². The molecule has 0 fully saturated rings. The van der Waals surface area contributed by atoms with Crippen molar-refractivity contribution in [2.24, 2.45) is 5.73 Å². The highest BCUT2D eigenvalue weighted by Crippen LogP contribution is 2.25. The van der Waals surface area contributed by atoms with Gasteiger partial charge in [-0.05, 0) is 37.5 Å². The highest BCUT2D eigenvalue weighted by molar-refractivity contribution is 5.98. The van der Waals surface area contributed by atoms with E-state index in [1.807, 2.05) is 39.0 Å². The molecule has 2 rings (SSSR count). The van der Waals surface area contributed by atoms with Gasteiger partial charge in [0.25, 0.3) is 0 Å². The van der Waals surface area contributed by atoms with Crippen LogP contribution >= 0.6 is 0 Å². The van der Waals surface area contributed by atoms with E-state index in [0.29, 0.717) is 24.4 Å². The first-order valence-electron chi connectivity index (χ1n) is 6.97. The number of rotatable bonds is 5. The average molecular weight is 288 g/mol. The van der Waals surface area contributed by atoms with Gasteiger partial charge in [-0.25, -0.2) is 0 Å². The maximum Gasteiger partial charge on any atom is 0.247 e. The Labute approximate surface area is 123 Å². The molecule has 1 amide bonds. The monoisotopic (exact) mass is 288 g/mol. The molecule has 0 saturated heterocycles. The number of hydrogen-bond donors (Lipinski definition) is 2. The summed E-state index contributed by atoms with van der Waals surface area (Å²) in [4.78, 5) is 12.4. The highest BCUT2D eigenvalue weighted by atomic mass is 16.4. The van der Waals surface area contributed by atoms with Gasteiger partial charge in [0.05, 0.1) is 5.54 Å². The number of hydrogen-bond acceptors (Lipinski definition) is 5. The molecule has 1 heterocycles. The first-order chi connectivity index (χ1) is 10.00. The van der Waals surface area contributed by atoms with Gasteiger partial charge >= 0.3 is 0 Å². The largest absolute Gasteiger partial charge is 0.423 e. The fraction of sp³-hybridized carbons (Fsp3) is 0.400. The van der Waals surface area contributed by atoms with Crippen molar-refractivity contribution in [1.29, 1.82) is 0 Å². The number of anilines is 1. The van der Waals surface area contributed by atoms with Crippen molar-refractivity contribution < 1.29 is 9.21 Å². The van der Waals surface area contributed by atoms with Crippen molar-refractivity contribution in [2.45, 2.75) is 39.2 Å². The van der Waals surface area contributed by atoms with Crippen molar-refractivity contribution in [3.63, 3.8) is 0 Å². The minimum absolute atomic E-state index is 0.182. The van der Waals surface area contributed by atoms with Crippen molar-refractivity contribution in [3.8, 4) is 11.5 Å². The van der Waals surface area contributed by atoms with E-state index in [0.717, 1.165) is 11.1 Å². The van der Waals surface area contributed by atoms with E-state index in [4.69, 9.17) is 10.2 Å². The fourth-order valence-corrected chi connectivity index (χ4v) is 2.01. The molecule has 6 nitrogen and oxygen atoms in total. The number of aromatic nitrogens is 2. The zero-order chi connectivity index (χ0) is 15.5. The third kappa shape index (κ3) is 3.11. The van der Waals surface area contributed by atoms with Crippen LogP contribution in [0.5, 0.6) is 0 Å². The van der Waals surface area contributed by atoms with Crippen molar-refractivity contribution in [3.05, 3.63) is 30.2 Å². The number of amides is 1. The molecule has 0 radical (unpaired) electrons. The Morgan fingerprint density at radius 1 is 1.38 bits per heavy atom. The van der Waals surface area contributed by atoms with Crippen LogP contribution in [-0.2, 0) is 4.79 Å². The summed E-state index contributed by atoms with van der Waals surface area (Å²) in [6.45, 7) is 5.74. The van der Waals surface area contributed by atoms with Gasteiger partial charge in [0, 0.05) is 11.3 Å². The fourth-order valence-electron chi connectivity index (χ4n) is 2.01. The first kappa shape index (κ1) is 15.2. The topological polar surface area (TPSA) is 94.0 Å². The van der Waals surface area contributed by atoms with Gasteiger partial charge in [-0.2, -0.15) is 0 Å². The van der Waals surface area contributed by atoms with Crippen LogP contribution in [0.25, 0.3) is 11.5 Å². The Hall–Kier alpha value is -2.21. The molecule has 1 aromatic heterocycles. The molecule has 0 aliphatic heterocycles. The summed E-state index contributed by atoms with van der Waals surface area (Å²) < 4.78 is 5.17. The molecule has 0 bridgehead atoms. The molecule has 0 aliphatic rings. The van der Waals surface area contributed by atoms with Gasteiger partial charge in [-0.1, -0.05) is 19.9 Å². The van der Waals surface area contributed by atoms with Crippen LogP contribution < -0.4 is 11.1 Å². The molecule has 0 atom stereocenters. The predicted octanol–water partition coefficient (Wildman–Crippen LogP) is 2.50. The van der Waals surface area contributed by atoms with Crippen LogP contribution in [0.15, 0.2) is 29.0 Å². The van der Waals surface area contributed by atoms with Crippen molar-refractivity contribution in [2.75, 3.05) is 5.32 Å². The lowest BCUT2D eigenvalue weighted by molar-refractivity contribution is -0.121. The van der Waals surface area contributed by atoms with Crippen LogP contribution in [0.4, 0.5) is 5.69 Å². The SMILES string of the molecule is CCC(N)(CC)C(=O)Nc1cc(-c2nnco2)ccc1C. The second-order valence-corrected chi connectivity index (χ2v) is 5.09. The number of nitrogens with one attached hydrogen (secondary N) is 1. The van der Waals surface area contributed by atoms with Crippen molar-refractivity contribution in [1.82, 2.24) is 10.2 Å². The number of carbonyl (C=O) groups excluding carboxylic acids is 1. The smallest absolute Gasteiger partial charge is 0.247 e. The predicted molar refractivity (Wildman–Crippen MR) is 80.6 cm³/mol. The molecule has 0 unspecified atom stereocenters. The number of nitrogens with two attached hydrogens (primary N) is 1.